The predicted octanol–water partition coefficient (Wildman–Crippen LogP) is 0.781. The number of rotatable bonds is 5. The van der Waals surface area contributed by atoms with Gasteiger partial charge in [0.1, 0.15) is 18.9 Å². The van der Waals surface area contributed by atoms with Crippen molar-refractivity contribution in [1.82, 2.24) is 4.57 Å². The highest BCUT2D eigenvalue weighted by Gasteiger charge is 2.06. The largest absolute Gasteiger partial charge is 1.00 e. The van der Waals surface area contributed by atoms with Crippen molar-refractivity contribution >= 4 is 10.8 Å². The first-order chi connectivity index (χ1) is 9.86. The Balaban J connectivity index is 0.00000161. The molecular weight excluding hydrogens is 324 g/mol. The van der Waals surface area contributed by atoms with Gasteiger partial charge in [-0.1, -0.05) is 55.8 Å². The van der Waals surface area contributed by atoms with Gasteiger partial charge in [-0.15, -0.1) is 0 Å². The van der Waals surface area contributed by atoms with E-state index in [9.17, 15) is 0 Å². The Morgan fingerprint density at radius 2 is 1.86 bits per heavy atom. The van der Waals surface area contributed by atoms with E-state index in [0.29, 0.717) is 0 Å². The van der Waals surface area contributed by atoms with Gasteiger partial charge in [0.15, 0.2) is 0 Å². The van der Waals surface area contributed by atoms with Gasteiger partial charge in [-0.05, 0) is 17.2 Å². The van der Waals surface area contributed by atoms with Crippen LogP contribution in [0.1, 0.15) is 25.3 Å². The van der Waals surface area contributed by atoms with E-state index in [-0.39, 0.29) is 17.0 Å². The Morgan fingerprint density at radius 3 is 2.71 bits per heavy atom. The van der Waals surface area contributed by atoms with Crippen LogP contribution in [0.3, 0.4) is 0 Å². The number of benzene rings is 2. The van der Waals surface area contributed by atoms with Crippen LogP contribution < -0.4 is 21.5 Å². The first kappa shape index (κ1) is 15.8. The Kier molecular flexibility index (Phi) is 5.57. The zero-order valence-corrected chi connectivity index (χ0v) is 14.0. The quantitative estimate of drug-likeness (QED) is 0.605. The number of nitrogens with zero attached hydrogens (tertiary/aromatic N) is 2. The van der Waals surface area contributed by atoms with Crippen LogP contribution in [-0.2, 0) is 13.1 Å². The van der Waals surface area contributed by atoms with E-state index >= 15 is 0 Å². The summed E-state index contributed by atoms with van der Waals surface area (Å²) in [4.78, 5) is 0. The number of aryl methyl sites for hydroxylation is 1. The molecule has 110 valence electrons. The maximum atomic E-state index is 2.27. The van der Waals surface area contributed by atoms with Crippen LogP contribution in [0.5, 0.6) is 0 Å². The van der Waals surface area contributed by atoms with Gasteiger partial charge in [-0.2, -0.15) is 0 Å². The van der Waals surface area contributed by atoms with Gasteiger partial charge >= 0.3 is 0 Å². The Bertz CT molecular complexity index is 698. The fraction of sp³-hybridized carbons (Fsp3) is 0.278. The molecule has 0 aliphatic carbocycles. The predicted molar refractivity (Wildman–Crippen MR) is 82.6 cm³/mol. The minimum atomic E-state index is 0. The van der Waals surface area contributed by atoms with Crippen LogP contribution in [-0.4, -0.2) is 4.57 Å². The maximum Gasteiger partial charge on any atom is 0.244 e. The number of fused-ring (bicyclic) bond motifs is 1. The third-order valence-electron chi connectivity index (χ3n) is 3.75. The molecule has 0 N–H and O–H groups in total. The van der Waals surface area contributed by atoms with Crippen LogP contribution >= 0.6 is 0 Å². The summed E-state index contributed by atoms with van der Waals surface area (Å²) in [6.07, 6.45) is 9.01. The number of hydrogen-bond donors (Lipinski definition) is 0. The summed E-state index contributed by atoms with van der Waals surface area (Å²) in [7, 11) is 0. The van der Waals surface area contributed by atoms with E-state index in [0.717, 1.165) is 13.1 Å². The summed E-state index contributed by atoms with van der Waals surface area (Å²) < 4.78 is 4.53. The molecule has 0 aliphatic heterocycles. The van der Waals surface area contributed by atoms with Crippen molar-refractivity contribution in [3.63, 3.8) is 0 Å². The summed E-state index contributed by atoms with van der Waals surface area (Å²) in [5, 5.41) is 2.67. The standard InChI is InChI=1S/C18H21N2.BrH/c1-2-3-11-19-12-13-20(15-19)14-17-9-6-8-16-7-4-5-10-18(16)17;/h4-10,12-13,15H,2-3,11,14H2,1H3;1H/q+1;/p-1. The van der Waals surface area contributed by atoms with Gasteiger partial charge in [-0.3, -0.25) is 0 Å². The average Bonchev–Trinajstić information content (AvgIpc) is 2.93. The molecular formula is C18H21BrN2. The van der Waals surface area contributed by atoms with Gasteiger partial charge in [0.2, 0.25) is 6.33 Å². The van der Waals surface area contributed by atoms with Crippen LogP contribution in [0.15, 0.2) is 61.2 Å². The second kappa shape index (κ2) is 7.41. The molecule has 0 radical (unpaired) electrons. The molecule has 0 saturated carbocycles. The zero-order valence-electron chi connectivity index (χ0n) is 12.4. The molecule has 0 saturated heterocycles. The summed E-state index contributed by atoms with van der Waals surface area (Å²) in [5.74, 6) is 0. The van der Waals surface area contributed by atoms with E-state index < -0.39 is 0 Å². The fourth-order valence-electron chi connectivity index (χ4n) is 2.63. The molecule has 0 unspecified atom stereocenters. The molecule has 3 rings (SSSR count). The summed E-state index contributed by atoms with van der Waals surface area (Å²) in [6, 6.07) is 15.1. The minimum Gasteiger partial charge on any atom is -1.00 e. The van der Waals surface area contributed by atoms with Crippen molar-refractivity contribution in [1.29, 1.82) is 0 Å². The summed E-state index contributed by atoms with van der Waals surface area (Å²) in [6.45, 7) is 4.27. The van der Waals surface area contributed by atoms with Crippen molar-refractivity contribution in [3.8, 4) is 0 Å². The van der Waals surface area contributed by atoms with Crippen LogP contribution in [0.2, 0.25) is 0 Å². The van der Waals surface area contributed by atoms with Crippen molar-refractivity contribution in [2.75, 3.05) is 0 Å². The Hall–Kier alpha value is -1.61. The molecule has 0 aliphatic rings. The molecule has 3 heteroatoms. The smallest absolute Gasteiger partial charge is 0.244 e. The molecule has 1 heterocycles. The number of unbranched alkanes of at least 4 members (excludes halogenated alkanes) is 1. The SMILES string of the molecule is CCCCn1cc[n+](Cc2cccc3ccccc23)c1.[Br-]. The van der Waals surface area contributed by atoms with Crippen LogP contribution in [0.4, 0.5) is 0 Å². The van der Waals surface area contributed by atoms with E-state index in [4.69, 9.17) is 0 Å². The highest BCUT2D eigenvalue weighted by Crippen LogP contribution is 2.18. The van der Waals surface area contributed by atoms with E-state index in [1.54, 1.807) is 0 Å². The van der Waals surface area contributed by atoms with Gasteiger partial charge < -0.3 is 17.0 Å². The van der Waals surface area contributed by atoms with Gasteiger partial charge in [0.05, 0.1) is 6.54 Å². The summed E-state index contributed by atoms with van der Waals surface area (Å²) in [5.41, 5.74) is 1.38. The molecule has 0 atom stereocenters. The lowest BCUT2D eigenvalue weighted by Crippen LogP contribution is -3.00. The van der Waals surface area contributed by atoms with Crippen molar-refractivity contribution < 1.29 is 21.5 Å². The Labute approximate surface area is 136 Å². The molecule has 21 heavy (non-hydrogen) atoms. The second-order valence-electron chi connectivity index (χ2n) is 5.32. The lowest BCUT2D eigenvalue weighted by Gasteiger charge is -2.04. The molecule has 0 spiro atoms. The molecule has 2 aromatic carbocycles. The number of hydrogen-bond acceptors (Lipinski definition) is 0. The fourth-order valence-corrected chi connectivity index (χ4v) is 2.63. The monoisotopic (exact) mass is 344 g/mol. The Morgan fingerprint density at radius 1 is 1.05 bits per heavy atom. The number of imidazole rings is 1. The lowest BCUT2D eigenvalue weighted by atomic mass is 10.0. The van der Waals surface area contributed by atoms with E-state index in [2.05, 4.69) is 77.2 Å². The van der Waals surface area contributed by atoms with Gasteiger partial charge in [0, 0.05) is 5.56 Å². The number of halogens is 1. The summed E-state index contributed by atoms with van der Waals surface area (Å²) >= 11 is 0. The zero-order chi connectivity index (χ0) is 13.8. The maximum absolute atomic E-state index is 2.27. The highest BCUT2D eigenvalue weighted by molar-refractivity contribution is 5.85. The highest BCUT2D eigenvalue weighted by atomic mass is 79.9. The topological polar surface area (TPSA) is 8.81 Å². The molecule has 1 aromatic heterocycles. The average molecular weight is 345 g/mol. The number of aromatic nitrogens is 2. The molecule has 0 amide bonds. The van der Waals surface area contributed by atoms with E-state index in [1.165, 1.54) is 29.2 Å². The molecule has 3 aromatic rings. The molecule has 0 bridgehead atoms. The van der Waals surface area contributed by atoms with Crippen molar-refractivity contribution in [2.45, 2.75) is 32.9 Å². The van der Waals surface area contributed by atoms with Crippen LogP contribution in [0, 0.1) is 0 Å². The third-order valence-corrected chi connectivity index (χ3v) is 3.75. The normalized spacial score (nSPS) is 10.5. The van der Waals surface area contributed by atoms with Crippen molar-refractivity contribution in [3.05, 3.63) is 66.7 Å². The molecule has 2 nitrogen and oxygen atoms in total. The van der Waals surface area contributed by atoms with Crippen molar-refractivity contribution in [2.24, 2.45) is 0 Å². The van der Waals surface area contributed by atoms with Gasteiger partial charge in [-0.25, -0.2) is 9.13 Å². The van der Waals surface area contributed by atoms with E-state index in [1.807, 2.05) is 0 Å². The molecule has 0 fully saturated rings. The first-order valence-corrected chi connectivity index (χ1v) is 7.38. The third kappa shape index (κ3) is 3.73. The van der Waals surface area contributed by atoms with Crippen LogP contribution in [0.25, 0.3) is 10.8 Å². The first-order valence-electron chi connectivity index (χ1n) is 7.38. The minimum absolute atomic E-state index is 0. The van der Waals surface area contributed by atoms with Gasteiger partial charge in [0.25, 0.3) is 0 Å². The second-order valence-corrected chi connectivity index (χ2v) is 5.32. The lowest BCUT2D eigenvalue weighted by molar-refractivity contribution is -0.687.